The van der Waals surface area contributed by atoms with Crippen LogP contribution in [-0.4, -0.2) is 26.0 Å². The Morgan fingerprint density at radius 2 is 1.59 bits per heavy atom. The maximum Gasteiger partial charge on any atom is 0.235 e. The molecule has 0 radical (unpaired) electrons. The Bertz CT molecular complexity index is 957. The van der Waals surface area contributed by atoms with Crippen molar-refractivity contribution in [2.75, 3.05) is 16.4 Å². The van der Waals surface area contributed by atoms with E-state index in [1.165, 1.54) is 29.2 Å². The molecule has 0 saturated heterocycles. The molecule has 7 nitrogen and oxygen atoms in total. The van der Waals surface area contributed by atoms with Gasteiger partial charge in [0.05, 0.1) is 0 Å². The number of nitrogens with two attached hydrogens (primary N) is 2. The Kier molecular flexibility index (Phi) is 5.04. The quantitative estimate of drug-likeness (QED) is 0.699. The van der Waals surface area contributed by atoms with Crippen molar-refractivity contribution in [2.45, 2.75) is 19.9 Å². The van der Waals surface area contributed by atoms with E-state index in [1.54, 1.807) is 0 Å². The summed E-state index contributed by atoms with van der Waals surface area (Å²) in [5.41, 5.74) is 12.1. The number of pyridine rings is 1. The normalized spacial score (nSPS) is 11.0. The maximum absolute atomic E-state index is 13.7. The van der Waals surface area contributed by atoms with E-state index in [1.807, 2.05) is 13.8 Å². The first kappa shape index (κ1) is 18.7. The Labute approximate surface area is 159 Å². The number of nitrogen functional groups attached to an aromatic ring is 2. The zero-order valence-corrected chi connectivity index (χ0v) is 15.2. The third-order valence-electron chi connectivity index (χ3n) is 3.54. The molecule has 2 heterocycles. The van der Waals surface area contributed by atoms with Gasteiger partial charge in [-0.1, -0.05) is 11.6 Å². The molecule has 0 amide bonds. The smallest absolute Gasteiger partial charge is 0.235 e. The molecular weight excluding hydrogens is 376 g/mol. The molecule has 0 aliphatic rings. The van der Waals surface area contributed by atoms with E-state index in [4.69, 9.17) is 23.1 Å². The summed E-state index contributed by atoms with van der Waals surface area (Å²) >= 11 is 6.01. The summed E-state index contributed by atoms with van der Waals surface area (Å²) in [6, 6.07) is 5.91. The Morgan fingerprint density at radius 3 is 2.19 bits per heavy atom. The zero-order valence-electron chi connectivity index (χ0n) is 14.5. The van der Waals surface area contributed by atoms with Crippen molar-refractivity contribution in [3.8, 4) is 11.5 Å². The van der Waals surface area contributed by atoms with Crippen LogP contribution in [0.1, 0.15) is 13.8 Å². The van der Waals surface area contributed by atoms with Gasteiger partial charge in [0.2, 0.25) is 11.9 Å². The Hall–Kier alpha value is -3.07. The van der Waals surface area contributed by atoms with E-state index < -0.39 is 11.6 Å². The third kappa shape index (κ3) is 4.20. The first-order valence-corrected chi connectivity index (χ1v) is 8.31. The standard InChI is InChI=1S/C17H16ClF2N7/c1-8(2)27(12-6-10(19)5-11(20)7-12)17-25-15(24-16(22)26-17)13-3-9(18)4-14(21)23-13/h3-8H,1-2H3,(H2,21,23)(H2,22,24,25,26). The van der Waals surface area contributed by atoms with Gasteiger partial charge < -0.3 is 16.4 Å². The van der Waals surface area contributed by atoms with E-state index in [-0.39, 0.29) is 35.3 Å². The summed E-state index contributed by atoms with van der Waals surface area (Å²) in [5.74, 6) is -1.10. The van der Waals surface area contributed by atoms with Crippen molar-refractivity contribution in [1.82, 2.24) is 19.9 Å². The molecule has 0 atom stereocenters. The molecule has 140 valence electrons. The number of benzene rings is 1. The van der Waals surface area contributed by atoms with Gasteiger partial charge in [-0.25, -0.2) is 13.8 Å². The van der Waals surface area contributed by atoms with Crippen LogP contribution >= 0.6 is 11.6 Å². The van der Waals surface area contributed by atoms with Crippen LogP contribution in [0.4, 0.5) is 32.2 Å². The van der Waals surface area contributed by atoms with Gasteiger partial charge in [-0.2, -0.15) is 15.0 Å². The fourth-order valence-corrected chi connectivity index (χ4v) is 2.77. The average molecular weight is 392 g/mol. The molecule has 1 aromatic carbocycles. The van der Waals surface area contributed by atoms with Crippen LogP contribution in [-0.2, 0) is 0 Å². The zero-order chi connectivity index (χ0) is 19.7. The van der Waals surface area contributed by atoms with Crippen molar-refractivity contribution < 1.29 is 8.78 Å². The SMILES string of the molecule is CC(C)N(c1cc(F)cc(F)c1)c1nc(N)nc(-c2cc(Cl)cc(N)n2)n1. The van der Waals surface area contributed by atoms with Crippen LogP contribution in [0.3, 0.4) is 0 Å². The number of halogens is 3. The minimum atomic E-state index is -0.720. The fourth-order valence-electron chi connectivity index (χ4n) is 2.56. The van der Waals surface area contributed by atoms with Gasteiger partial charge in [0.25, 0.3) is 0 Å². The predicted octanol–water partition coefficient (Wildman–Crippen LogP) is 3.58. The molecule has 3 aromatic rings. The minimum Gasteiger partial charge on any atom is -0.384 e. The van der Waals surface area contributed by atoms with Crippen LogP contribution in [0.2, 0.25) is 5.02 Å². The van der Waals surface area contributed by atoms with Crippen LogP contribution in [0, 0.1) is 11.6 Å². The highest BCUT2D eigenvalue weighted by Gasteiger charge is 2.20. The molecule has 0 aliphatic carbocycles. The second-order valence-electron chi connectivity index (χ2n) is 6.00. The maximum atomic E-state index is 13.7. The number of hydrogen-bond donors (Lipinski definition) is 2. The van der Waals surface area contributed by atoms with Crippen molar-refractivity contribution >= 4 is 35.0 Å². The van der Waals surface area contributed by atoms with E-state index in [9.17, 15) is 8.78 Å². The fraction of sp³-hybridized carbons (Fsp3) is 0.176. The van der Waals surface area contributed by atoms with E-state index in [2.05, 4.69) is 19.9 Å². The topological polar surface area (TPSA) is 107 Å². The number of aromatic nitrogens is 4. The molecule has 0 unspecified atom stereocenters. The molecule has 0 aliphatic heterocycles. The molecule has 0 saturated carbocycles. The summed E-state index contributed by atoms with van der Waals surface area (Å²) in [6.07, 6.45) is 0. The lowest BCUT2D eigenvalue weighted by Gasteiger charge is -2.27. The van der Waals surface area contributed by atoms with Gasteiger partial charge in [0, 0.05) is 22.8 Å². The van der Waals surface area contributed by atoms with Crippen molar-refractivity contribution in [3.05, 3.63) is 47.0 Å². The third-order valence-corrected chi connectivity index (χ3v) is 3.76. The molecule has 4 N–H and O–H groups in total. The Balaban J connectivity index is 2.15. The first-order valence-electron chi connectivity index (χ1n) is 7.93. The number of nitrogens with zero attached hydrogens (tertiary/aromatic N) is 5. The van der Waals surface area contributed by atoms with Crippen molar-refractivity contribution in [2.24, 2.45) is 0 Å². The van der Waals surface area contributed by atoms with E-state index in [0.717, 1.165) is 6.07 Å². The molecule has 2 aromatic heterocycles. The van der Waals surface area contributed by atoms with Gasteiger partial charge in [0.15, 0.2) is 5.82 Å². The van der Waals surface area contributed by atoms with Crippen molar-refractivity contribution in [3.63, 3.8) is 0 Å². The molecular formula is C17H16ClF2N7. The number of rotatable bonds is 4. The monoisotopic (exact) mass is 391 g/mol. The predicted molar refractivity (Wildman–Crippen MR) is 101 cm³/mol. The van der Waals surface area contributed by atoms with E-state index in [0.29, 0.717) is 10.7 Å². The van der Waals surface area contributed by atoms with Crippen LogP contribution < -0.4 is 16.4 Å². The average Bonchev–Trinajstić information content (AvgIpc) is 2.52. The molecule has 10 heteroatoms. The summed E-state index contributed by atoms with van der Waals surface area (Å²) < 4.78 is 27.4. The highest BCUT2D eigenvalue weighted by molar-refractivity contribution is 6.31. The summed E-state index contributed by atoms with van der Waals surface area (Å²) in [7, 11) is 0. The van der Waals surface area contributed by atoms with Crippen LogP contribution in [0.25, 0.3) is 11.5 Å². The molecule has 0 fully saturated rings. The van der Waals surface area contributed by atoms with Crippen LogP contribution in [0.15, 0.2) is 30.3 Å². The lowest BCUT2D eigenvalue weighted by atomic mass is 10.2. The van der Waals surface area contributed by atoms with Gasteiger partial charge >= 0.3 is 0 Å². The summed E-state index contributed by atoms with van der Waals surface area (Å²) in [4.78, 5) is 18.2. The molecule has 0 spiro atoms. The second kappa shape index (κ2) is 7.28. The summed E-state index contributed by atoms with van der Waals surface area (Å²) in [5, 5.41) is 0.353. The minimum absolute atomic E-state index is 0.0853. The lowest BCUT2D eigenvalue weighted by Crippen LogP contribution is -2.28. The molecule has 27 heavy (non-hydrogen) atoms. The lowest BCUT2D eigenvalue weighted by molar-refractivity contribution is 0.581. The van der Waals surface area contributed by atoms with Gasteiger partial charge in [0.1, 0.15) is 23.1 Å². The molecule has 0 bridgehead atoms. The summed E-state index contributed by atoms with van der Waals surface area (Å²) in [6.45, 7) is 3.64. The van der Waals surface area contributed by atoms with Crippen LogP contribution in [0.5, 0.6) is 0 Å². The second-order valence-corrected chi connectivity index (χ2v) is 6.44. The highest BCUT2D eigenvalue weighted by atomic mass is 35.5. The number of anilines is 4. The van der Waals surface area contributed by atoms with Crippen molar-refractivity contribution in [1.29, 1.82) is 0 Å². The molecule has 3 rings (SSSR count). The highest BCUT2D eigenvalue weighted by Crippen LogP contribution is 2.29. The Morgan fingerprint density at radius 1 is 0.926 bits per heavy atom. The number of hydrogen-bond acceptors (Lipinski definition) is 7. The van der Waals surface area contributed by atoms with Gasteiger partial charge in [-0.3, -0.25) is 0 Å². The van der Waals surface area contributed by atoms with Gasteiger partial charge in [-0.15, -0.1) is 0 Å². The largest absolute Gasteiger partial charge is 0.384 e. The van der Waals surface area contributed by atoms with Gasteiger partial charge in [-0.05, 0) is 38.1 Å². The first-order chi connectivity index (χ1) is 12.7. The van der Waals surface area contributed by atoms with E-state index >= 15 is 0 Å².